The summed E-state index contributed by atoms with van der Waals surface area (Å²) in [5.74, 6) is -1.47. The summed E-state index contributed by atoms with van der Waals surface area (Å²) in [7, 11) is 1.47. The predicted octanol–water partition coefficient (Wildman–Crippen LogP) is 4.65. The molecule has 0 saturated carbocycles. The van der Waals surface area contributed by atoms with Gasteiger partial charge in [-0.15, -0.1) is 0 Å². The molecule has 3 aromatic carbocycles. The zero-order valence-electron chi connectivity index (χ0n) is 20.8. The lowest BCUT2D eigenvalue weighted by Gasteiger charge is -2.27. The zero-order valence-corrected chi connectivity index (χ0v) is 21.6. The van der Waals surface area contributed by atoms with Gasteiger partial charge in [0.1, 0.15) is 17.1 Å². The molecule has 1 aliphatic rings. The number of hydrogen-bond donors (Lipinski definition) is 2. The number of hydrogen-bond acceptors (Lipinski definition) is 6. The number of anilines is 2. The maximum absolute atomic E-state index is 13.3. The highest BCUT2D eigenvalue weighted by Gasteiger charge is 2.37. The maximum Gasteiger partial charge on any atom is 0.335 e. The number of urea groups is 1. The van der Waals surface area contributed by atoms with E-state index in [1.807, 2.05) is 25.1 Å². The number of aryl methyl sites for hydroxylation is 1. The van der Waals surface area contributed by atoms with Crippen LogP contribution in [0.1, 0.15) is 16.7 Å². The number of carbonyl (C=O) groups is 4. The van der Waals surface area contributed by atoms with Crippen molar-refractivity contribution in [2.45, 2.75) is 13.8 Å². The summed E-state index contributed by atoms with van der Waals surface area (Å²) in [4.78, 5) is 52.0. The number of halogens is 1. The molecule has 5 amide bonds. The number of barbiturate groups is 1. The van der Waals surface area contributed by atoms with Gasteiger partial charge in [0.25, 0.3) is 17.7 Å². The Morgan fingerprint density at radius 1 is 1.05 bits per heavy atom. The van der Waals surface area contributed by atoms with Gasteiger partial charge in [-0.2, -0.15) is 0 Å². The van der Waals surface area contributed by atoms with Crippen LogP contribution in [-0.2, 0) is 14.4 Å². The number of methoxy groups -OCH3 is 1. The summed E-state index contributed by atoms with van der Waals surface area (Å²) in [6, 6.07) is 15.9. The van der Waals surface area contributed by atoms with E-state index in [0.717, 1.165) is 10.5 Å². The standard InChI is InChI=1S/C28H24ClN3O6/c1-16-6-4-7-19(12-16)30-25(33)15-38-24-14-20(37-3)11-10-18(24)13-21-26(34)31-28(36)32(27(21)35)23-9-5-8-22(29)17(23)2/h4-14H,15H2,1-3H3,(H,30,33)(H,31,34,36)/b21-13+. The van der Waals surface area contributed by atoms with Crippen molar-refractivity contribution in [2.75, 3.05) is 23.9 Å². The molecule has 38 heavy (non-hydrogen) atoms. The molecular weight excluding hydrogens is 510 g/mol. The van der Waals surface area contributed by atoms with E-state index < -0.39 is 23.8 Å². The van der Waals surface area contributed by atoms with Crippen molar-refractivity contribution in [2.24, 2.45) is 0 Å². The van der Waals surface area contributed by atoms with Crippen molar-refractivity contribution in [1.29, 1.82) is 0 Å². The molecule has 1 fully saturated rings. The molecule has 0 spiro atoms. The molecule has 0 unspecified atom stereocenters. The van der Waals surface area contributed by atoms with E-state index in [-0.39, 0.29) is 23.6 Å². The van der Waals surface area contributed by atoms with E-state index >= 15 is 0 Å². The molecule has 2 N–H and O–H groups in total. The van der Waals surface area contributed by atoms with Gasteiger partial charge in [-0.3, -0.25) is 19.7 Å². The van der Waals surface area contributed by atoms with Crippen LogP contribution in [0.2, 0.25) is 5.02 Å². The van der Waals surface area contributed by atoms with Crippen LogP contribution >= 0.6 is 11.6 Å². The number of amides is 5. The molecule has 3 aromatic rings. The molecule has 10 heteroatoms. The molecule has 1 heterocycles. The first-order valence-corrected chi connectivity index (χ1v) is 11.9. The molecule has 0 radical (unpaired) electrons. The monoisotopic (exact) mass is 533 g/mol. The van der Waals surface area contributed by atoms with Crippen LogP contribution in [0.5, 0.6) is 11.5 Å². The van der Waals surface area contributed by atoms with Gasteiger partial charge in [0, 0.05) is 22.3 Å². The maximum atomic E-state index is 13.3. The highest BCUT2D eigenvalue weighted by atomic mass is 35.5. The fourth-order valence-corrected chi connectivity index (χ4v) is 3.99. The van der Waals surface area contributed by atoms with E-state index in [9.17, 15) is 19.2 Å². The summed E-state index contributed by atoms with van der Waals surface area (Å²) in [6.45, 7) is 3.23. The minimum Gasteiger partial charge on any atom is -0.497 e. The van der Waals surface area contributed by atoms with Crippen LogP contribution < -0.4 is 25.0 Å². The molecule has 4 rings (SSSR count). The molecule has 1 saturated heterocycles. The van der Waals surface area contributed by atoms with Crippen LogP contribution in [-0.4, -0.2) is 37.5 Å². The zero-order chi connectivity index (χ0) is 27.4. The SMILES string of the molecule is COc1ccc(/C=C2\C(=O)NC(=O)N(c3cccc(Cl)c3C)C2=O)c(OCC(=O)Nc2cccc(C)c2)c1. The van der Waals surface area contributed by atoms with Gasteiger partial charge in [-0.25, -0.2) is 9.69 Å². The Hall–Kier alpha value is -4.63. The van der Waals surface area contributed by atoms with E-state index in [0.29, 0.717) is 27.6 Å². The average Bonchev–Trinajstić information content (AvgIpc) is 2.88. The van der Waals surface area contributed by atoms with E-state index in [1.54, 1.807) is 43.3 Å². The lowest BCUT2D eigenvalue weighted by atomic mass is 10.0. The van der Waals surface area contributed by atoms with Gasteiger partial charge in [0.2, 0.25) is 0 Å². The fraction of sp³-hybridized carbons (Fsp3) is 0.143. The highest BCUT2D eigenvalue weighted by molar-refractivity contribution is 6.40. The van der Waals surface area contributed by atoms with Crippen LogP contribution in [0.15, 0.2) is 66.2 Å². The first-order chi connectivity index (χ1) is 18.2. The van der Waals surface area contributed by atoms with Crippen molar-refractivity contribution in [3.05, 3.63) is 87.9 Å². The van der Waals surface area contributed by atoms with Gasteiger partial charge >= 0.3 is 6.03 Å². The number of carbonyl (C=O) groups excluding carboxylic acids is 4. The second-order valence-electron chi connectivity index (χ2n) is 8.45. The van der Waals surface area contributed by atoms with E-state index in [2.05, 4.69) is 10.6 Å². The van der Waals surface area contributed by atoms with Crippen LogP contribution in [0.25, 0.3) is 6.08 Å². The largest absolute Gasteiger partial charge is 0.497 e. The van der Waals surface area contributed by atoms with Crippen molar-refractivity contribution < 1.29 is 28.7 Å². The molecule has 0 aromatic heterocycles. The number of benzene rings is 3. The smallest absolute Gasteiger partial charge is 0.335 e. The highest BCUT2D eigenvalue weighted by Crippen LogP contribution is 2.31. The summed E-state index contributed by atoms with van der Waals surface area (Å²) < 4.78 is 11.0. The quantitative estimate of drug-likeness (QED) is 0.337. The van der Waals surface area contributed by atoms with Crippen LogP contribution in [0.4, 0.5) is 16.2 Å². The normalized spacial score (nSPS) is 14.4. The van der Waals surface area contributed by atoms with Gasteiger partial charge in [0.05, 0.1) is 12.8 Å². The molecule has 194 valence electrons. The minimum atomic E-state index is -0.887. The predicted molar refractivity (Wildman–Crippen MR) is 143 cm³/mol. The Morgan fingerprint density at radius 3 is 2.55 bits per heavy atom. The average molecular weight is 534 g/mol. The van der Waals surface area contributed by atoms with E-state index in [4.69, 9.17) is 21.1 Å². The van der Waals surface area contributed by atoms with Gasteiger partial charge in [-0.1, -0.05) is 29.8 Å². The molecule has 9 nitrogen and oxygen atoms in total. The number of nitrogens with zero attached hydrogens (tertiary/aromatic N) is 1. The summed E-state index contributed by atoms with van der Waals surface area (Å²) in [6.07, 6.45) is 1.30. The topological polar surface area (TPSA) is 114 Å². The first kappa shape index (κ1) is 26.4. The van der Waals surface area contributed by atoms with Crippen molar-refractivity contribution in [3.8, 4) is 11.5 Å². The number of ether oxygens (including phenoxy) is 2. The third-order valence-electron chi connectivity index (χ3n) is 5.76. The number of nitrogens with one attached hydrogen (secondary N) is 2. The molecular formula is C28H24ClN3O6. The Balaban J connectivity index is 1.62. The van der Waals surface area contributed by atoms with Crippen molar-refractivity contribution in [1.82, 2.24) is 5.32 Å². The lowest BCUT2D eigenvalue weighted by Crippen LogP contribution is -2.54. The summed E-state index contributed by atoms with van der Waals surface area (Å²) in [5, 5.41) is 5.30. The molecule has 0 bridgehead atoms. The summed E-state index contributed by atoms with van der Waals surface area (Å²) in [5.41, 5.74) is 2.38. The second-order valence-corrected chi connectivity index (χ2v) is 8.86. The first-order valence-electron chi connectivity index (χ1n) is 11.5. The van der Waals surface area contributed by atoms with E-state index in [1.165, 1.54) is 19.3 Å². The third kappa shape index (κ3) is 5.68. The molecule has 0 atom stereocenters. The Kier molecular flexibility index (Phi) is 7.78. The van der Waals surface area contributed by atoms with Gasteiger partial charge in [0.15, 0.2) is 6.61 Å². The third-order valence-corrected chi connectivity index (χ3v) is 6.17. The van der Waals surface area contributed by atoms with Crippen LogP contribution in [0.3, 0.4) is 0 Å². The van der Waals surface area contributed by atoms with Gasteiger partial charge < -0.3 is 14.8 Å². The fourth-order valence-electron chi connectivity index (χ4n) is 3.82. The Labute approximate surface area is 224 Å². The number of rotatable bonds is 7. The summed E-state index contributed by atoms with van der Waals surface area (Å²) >= 11 is 6.18. The van der Waals surface area contributed by atoms with Crippen molar-refractivity contribution >= 4 is 52.8 Å². The lowest BCUT2D eigenvalue weighted by molar-refractivity contribution is -0.122. The molecule has 1 aliphatic heterocycles. The number of imide groups is 2. The van der Waals surface area contributed by atoms with Gasteiger partial charge in [-0.05, 0) is 67.4 Å². The Bertz CT molecular complexity index is 1480. The van der Waals surface area contributed by atoms with Crippen LogP contribution in [0, 0.1) is 13.8 Å². The molecule has 0 aliphatic carbocycles. The second kappa shape index (κ2) is 11.2. The Morgan fingerprint density at radius 2 is 1.82 bits per heavy atom. The van der Waals surface area contributed by atoms with Crippen molar-refractivity contribution in [3.63, 3.8) is 0 Å². The minimum absolute atomic E-state index is 0.194.